The van der Waals surface area contributed by atoms with Crippen LogP contribution in [0.15, 0.2) is 64.9 Å². The highest BCUT2D eigenvalue weighted by Gasteiger charge is 2.16. The highest BCUT2D eigenvalue weighted by Crippen LogP contribution is 2.27. The SMILES string of the molecule is Cc1ccc(NC(=O)C(C)Sc2cccc(NC(=O)c3cccs3)c2)c(C)c1. The maximum Gasteiger partial charge on any atom is 0.265 e. The average molecular weight is 411 g/mol. The summed E-state index contributed by atoms with van der Waals surface area (Å²) < 4.78 is 0. The van der Waals surface area contributed by atoms with Crippen molar-refractivity contribution < 1.29 is 9.59 Å². The Morgan fingerprint density at radius 3 is 2.54 bits per heavy atom. The van der Waals surface area contributed by atoms with Crippen LogP contribution in [0.5, 0.6) is 0 Å². The fourth-order valence-electron chi connectivity index (χ4n) is 2.69. The summed E-state index contributed by atoms with van der Waals surface area (Å²) in [5.74, 6) is -0.178. The van der Waals surface area contributed by atoms with Gasteiger partial charge in [-0.3, -0.25) is 9.59 Å². The summed E-state index contributed by atoms with van der Waals surface area (Å²) in [5.41, 5.74) is 3.76. The average Bonchev–Trinajstić information content (AvgIpc) is 3.19. The van der Waals surface area contributed by atoms with Crippen LogP contribution in [0.4, 0.5) is 11.4 Å². The first-order chi connectivity index (χ1) is 13.4. The Morgan fingerprint density at radius 2 is 1.82 bits per heavy atom. The fraction of sp³-hybridized carbons (Fsp3) is 0.182. The molecule has 2 aromatic carbocycles. The number of amides is 2. The molecule has 6 heteroatoms. The first-order valence-electron chi connectivity index (χ1n) is 8.92. The number of hydrogen-bond acceptors (Lipinski definition) is 4. The molecule has 1 aromatic heterocycles. The van der Waals surface area contributed by atoms with Crippen LogP contribution < -0.4 is 10.6 Å². The van der Waals surface area contributed by atoms with Crippen LogP contribution in [0.2, 0.25) is 0 Å². The molecule has 1 unspecified atom stereocenters. The Bertz CT molecular complexity index is 984. The summed E-state index contributed by atoms with van der Waals surface area (Å²) in [7, 11) is 0. The van der Waals surface area contributed by atoms with Crippen molar-refractivity contribution >= 4 is 46.3 Å². The van der Waals surface area contributed by atoms with Gasteiger partial charge in [0.25, 0.3) is 5.91 Å². The normalized spacial score (nSPS) is 11.7. The second kappa shape index (κ2) is 9.08. The maximum absolute atomic E-state index is 12.6. The molecular weight excluding hydrogens is 388 g/mol. The van der Waals surface area contributed by atoms with Crippen molar-refractivity contribution in [3.63, 3.8) is 0 Å². The van der Waals surface area contributed by atoms with Gasteiger partial charge in [-0.05, 0) is 62.0 Å². The smallest absolute Gasteiger partial charge is 0.265 e. The molecular formula is C22H22N2O2S2. The molecule has 0 aliphatic rings. The van der Waals surface area contributed by atoms with Crippen molar-refractivity contribution in [1.82, 2.24) is 0 Å². The Balaban J connectivity index is 1.62. The number of anilines is 2. The Labute approximate surface area is 173 Å². The van der Waals surface area contributed by atoms with Crippen LogP contribution in [-0.4, -0.2) is 17.1 Å². The van der Waals surface area contributed by atoms with E-state index in [1.807, 2.05) is 74.7 Å². The van der Waals surface area contributed by atoms with E-state index in [1.165, 1.54) is 28.7 Å². The van der Waals surface area contributed by atoms with Gasteiger partial charge in [0.1, 0.15) is 0 Å². The van der Waals surface area contributed by atoms with Gasteiger partial charge in [0.05, 0.1) is 10.1 Å². The largest absolute Gasteiger partial charge is 0.325 e. The maximum atomic E-state index is 12.6. The molecule has 144 valence electrons. The van der Waals surface area contributed by atoms with E-state index in [9.17, 15) is 9.59 Å². The zero-order valence-corrected chi connectivity index (χ0v) is 17.6. The van der Waals surface area contributed by atoms with Gasteiger partial charge in [-0.2, -0.15) is 0 Å². The summed E-state index contributed by atoms with van der Waals surface area (Å²) >= 11 is 2.86. The minimum atomic E-state index is -0.274. The minimum absolute atomic E-state index is 0.0509. The Hall–Kier alpha value is -2.57. The highest BCUT2D eigenvalue weighted by molar-refractivity contribution is 8.00. The molecule has 0 saturated heterocycles. The van der Waals surface area contributed by atoms with E-state index in [1.54, 1.807) is 6.07 Å². The molecule has 4 nitrogen and oxygen atoms in total. The van der Waals surface area contributed by atoms with Gasteiger partial charge >= 0.3 is 0 Å². The van der Waals surface area contributed by atoms with Crippen LogP contribution in [-0.2, 0) is 4.79 Å². The molecule has 3 aromatic rings. The predicted octanol–water partition coefficient (Wildman–Crippen LogP) is 5.74. The molecule has 2 amide bonds. The van der Waals surface area contributed by atoms with Crippen molar-refractivity contribution in [1.29, 1.82) is 0 Å². The Morgan fingerprint density at radius 1 is 1.00 bits per heavy atom. The van der Waals surface area contributed by atoms with E-state index in [2.05, 4.69) is 10.6 Å². The monoisotopic (exact) mass is 410 g/mol. The quantitative estimate of drug-likeness (QED) is 0.510. The van der Waals surface area contributed by atoms with Gasteiger partial charge in [-0.25, -0.2) is 0 Å². The number of carbonyl (C=O) groups is 2. The van der Waals surface area contributed by atoms with Gasteiger partial charge in [0, 0.05) is 16.3 Å². The predicted molar refractivity (Wildman–Crippen MR) is 119 cm³/mol. The number of rotatable bonds is 6. The van der Waals surface area contributed by atoms with Gasteiger partial charge in [0.15, 0.2) is 0 Å². The second-order valence-corrected chi connectivity index (χ2v) is 8.89. The minimum Gasteiger partial charge on any atom is -0.325 e. The molecule has 0 aliphatic heterocycles. The lowest BCUT2D eigenvalue weighted by atomic mass is 10.1. The third-order valence-corrected chi connectivity index (χ3v) is 6.12. The molecule has 1 atom stereocenters. The van der Waals surface area contributed by atoms with Crippen molar-refractivity contribution in [2.24, 2.45) is 0 Å². The number of benzene rings is 2. The summed E-state index contributed by atoms with van der Waals surface area (Å²) in [5, 5.41) is 7.49. The van der Waals surface area contributed by atoms with Crippen molar-refractivity contribution in [2.75, 3.05) is 10.6 Å². The van der Waals surface area contributed by atoms with E-state index in [0.29, 0.717) is 10.6 Å². The summed E-state index contributed by atoms with van der Waals surface area (Å²) in [4.78, 5) is 26.4. The van der Waals surface area contributed by atoms with Crippen molar-refractivity contribution in [3.8, 4) is 0 Å². The molecule has 0 spiro atoms. The molecule has 0 aliphatic carbocycles. The lowest BCUT2D eigenvalue weighted by molar-refractivity contribution is -0.115. The van der Waals surface area contributed by atoms with Crippen LogP contribution in [0.3, 0.4) is 0 Å². The molecule has 1 heterocycles. The van der Waals surface area contributed by atoms with Gasteiger partial charge < -0.3 is 10.6 Å². The van der Waals surface area contributed by atoms with E-state index in [-0.39, 0.29) is 17.1 Å². The third-order valence-electron chi connectivity index (χ3n) is 4.16. The summed E-state index contributed by atoms with van der Waals surface area (Å²) in [6.45, 7) is 5.89. The molecule has 0 saturated carbocycles. The standard InChI is InChI=1S/C22H22N2O2S2/c1-14-9-10-19(15(2)12-14)24-21(25)16(3)28-18-7-4-6-17(13-18)23-22(26)20-8-5-11-27-20/h4-13,16H,1-3H3,(H,23,26)(H,24,25). The first-order valence-corrected chi connectivity index (χ1v) is 10.7. The van der Waals surface area contributed by atoms with Crippen molar-refractivity contribution in [2.45, 2.75) is 30.9 Å². The number of aryl methyl sites for hydroxylation is 2. The number of hydrogen-bond donors (Lipinski definition) is 2. The van der Waals surface area contributed by atoms with E-state index in [4.69, 9.17) is 0 Å². The van der Waals surface area contributed by atoms with Crippen molar-refractivity contribution in [3.05, 3.63) is 76.0 Å². The number of thiophene rings is 1. The summed E-state index contributed by atoms with van der Waals surface area (Å²) in [6, 6.07) is 17.1. The highest BCUT2D eigenvalue weighted by atomic mass is 32.2. The lowest BCUT2D eigenvalue weighted by Gasteiger charge is -2.14. The number of nitrogens with one attached hydrogen (secondary N) is 2. The molecule has 2 N–H and O–H groups in total. The molecule has 28 heavy (non-hydrogen) atoms. The topological polar surface area (TPSA) is 58.2 Å². The van der Waals surface area contributed by atoms with Crippen LogP contribution >= 0.6 is 23.1 Å². The number of thioether (sulfide) groups is 1. The van der Waals surface area contributed by atoms with E-state index < -0.39 is 0 Å². The van der Waals surface area contributed by atoms with E-state index in [0.717, 1.165) is 16.1 Å². The molecule has 0 bridgehead atoms. The van der Waals surface area contributed by atoms with Crippen LogP contribution in [0.1, 0.15) is 27.7 Å². The lowest BCUT2D eigenvalue weighted by Crippen LogP contribution is -2.22. The van der Waals surface area contributed by atoms with Crippen LogP contribution in [0, 0.1) is 13.8 Å². The number of carbonyl (C=O) groups excluding carboxylic acids is 2. The molecule has 0 radical (unpaired) electrons. The van der Waals surface area contributed by atoms with Gasteiger partial charge in [0.2, 0.25) is 5.91 Å². The second-order valence-electron chi connectivity index (χ2n) is 6.53. The molecule has 3 rings (SSSR count). The first kappa shape index (κ1) is 20.2. The summed E-state index contributed by atoms with van der Waals surface area (Å²) in [6.07, 6.45) is 0. The van der Waals surface area contributed by atoms with Gasteiger partial charge in [-0.1, -0.05) is 29.8 Å². The van der Waals surface area contributed by atoms with Gasteiger partial charge in [-0.15, -0.1) is 23.1 Å². The van der Waals surface area contributed by atoms with E-state index >= 15 is 0 Å². The van der Waals surface area contributed by atoms with Crippen LogP contribution in [0.25, 0.3) is 0 Å². The third kappa shape index (κ3) is 5.24. The zero-order chi connectivity index (χ0) is 20.1. The fourth-order valence-corrected chi connectivity index (χ4v) is 4.24. The molecule has 0 fully saturated rings. The Kier molecular flexibility index (Phi) is 6.54. The zero-order valence-electron chi connectivity index (χ0n) is 16.0.